The lowest BCUT2D eigenvalue weighted by Crippen LogP contribution is -2.62. The second-order valence-corrected chi connectivity index (χ2v) is 26.3. The molecule has 2 aliphatic heterocycles. The molecular formula is C69H67BN2O2. The second kappa shape index (κ2) is 15.1. The van der Waals surface area contributed by atoms with Gasteiger partial charge in [0.2, 0.25) is 0 Å². The minimum absolute atomic E-state index is 0.00300. The van der Waals surface area contributed by atoms with Crippen molar-refractivity contribution >= 4 is 101 Å². The Morgan fingerprint density at radius 2 is 1.05 bits per heavy atom. The molecule has 0 amide bonds. The molecule has 2 aromatic heterocycles. The van der Waals surface area contributed by atoms with Crippen LogP contribution in [0.15, 0.2) is 148 Å². The molecule has 0 radical (unpaired) electrons. The molecule has 10 aromatic rings. The predicted octanol–water partition coefficient (Wildman–Crippen LogP) is 17.5. The van der Waals surface area contributed by atoms with Crippen molar-refractivity contribution in [1.82, 2.24) is 0 Å². The number of aryl methyl sites for hydroxylation is 1. The van der Waals surface area contributed by atoms with Crippen molar-refractivity contribution in [2.75, 3.05) is 9.80 Å². The first kappa shape index (κ1) is 45.6. The van der Waals surface area contributed by atoms with Crippen LogP contribution in [0.5, 0.6) is 0 Å². The fraction of sp³-hybridized carbons (Fsp3) is 0.304. The monoisotopic (exact) mass is 967 g/mol. The Bertz CT molecular complexity index is 4040. The lowest BCUT2D eigenvalue weighted by atomic mass is 9.33. The molecule has 2 aliphatic carbocycles. The fourth-order valence-electron chi connectivity index (χ4n) is 14.0. The van der Waals surface area contributed by atoms with E-state index in [4.69, 9.17) is 8.83 Å². The van der Waals surface area contributed by atoms with Crippen LogP contribution in [-0.4, -0.2) is 6.71 Å². The van der Waals surface area contributed by atoms with Crippen LogP contribution in [0.4, 0.5) is 34.1 Å². The molecule has 5 heteroatoms. The van der Waals surface area contributed by atoms with Crippen molar-refractivity contribution in [3.8, 4) is 11.1 Å². The van der Waals surface area contributed by atoms with Crippen LogP contribution in [0.1, 0.15) is 135 Å². The first-order valence-electron chi connectivity index (χ1n) is 27.3. The summed E-state index contributed by atoms with van der Waals surface area (Å²) >= 11 is 0. The maximum Gasteiger partial charge on any atom is 0.252 e. The Kier molecular flexibility index (Phi) is 9.30. The number of furan rings is 2. The molecule has 4 aliphatic rings. The van der Waals surface area contributed by atoms with E-state index in [1.54, 1.807) is 0 Å². The molecule has 14 rings (SSSR count). The second-order valence-electron chi connectivity index (χ2n) is 26.3. The Morgan fingerprint density at radius 1 is 0.459 bits per heavy atom. The van der Waals surface area contributed by atoms with Crippen LogP contribution < -0.4 is 26.2 Å². The van der Waals surface area contributed by atoms with Gasteiger partial charge in [0, 0.05) is 44.5 Å². The number of rotatable bonds is 3. The third kappa shape index (κ3) is 6.47. The zero-order chi connectivity index (χ0) is 51.2. The highest BCUT2D eigenvalue weighted by atomic mass is 16.3. The van der Waals surface area contributed by atoms with E-state index in [9.17, 15) is 0 Å². The summed E-state index contributed by atoms with van der Waals surface area (Å²) in [6, 6.07) is 53.6. The van der Waals surface area contributed by atoms with E-state index in [2.05, 4.69) is 232 Å². The van der Waals surface area contributed by atoms with E-state index in [0.717, 1.165) is 70.2 Å². The van der Waals surface area contributed by atoms with E-state index >= 15 is 0 Å². The Labute approximate surface area is 437 Å². The van der Waals surface area contributed by atoms with Gasteiger partial charge in [-0.2, -0.15) is 0 Å². The highest BCUT2D eigenvalue weighted by molar-refractivity contribution is 7.00. The smallest absolute Gasteiger partial charge is 0.252 e. The summed E-state index contributed by atoms with van der Waals surface area (Å²) in [6.45, 7) is 28.8. The zero-order valence-electron chi connectivity index (χ0n) is 45.4. The molecule has 0 fully saturated rings. The number of nitrogens with zero attached hydrogens (tertiary/aromatic N) is 2. The van der Waals surface area contributed by atoms with Gasteiger partial charge in [0.15, 0.2) is 0 Å². The molecule has 0 bridgehead atoms. The van der Waals surface area contributed by atoms with E-state index in [-0.39, 0.29) is 33.8 Å². The molecular weight excluding hydrogens is 900 g/mol. The first-order chi connectivity index (χ1) is 35.2. The average Bonchev–Trinajstić information content (AvgIpc) is 3.97. The van der Waals surface area contributed by atoms with Gasteiger partial charge in [0.1, 0.15) is 22.3 Å². The van der Waals surface area contributed by atoms with Gasteiger partial charge in [-0.3, -0.25) is 0 Å². The first-order valence-corrected chi connectivity index (χ1v) is 27.3. The van der Waals surface area contributed by atoms with Gasteiger partial charge in [0.05, 0.1) is 16.8 Å². The summed E-state index contributed by atoms with van der Waals surface area (Å²) in [5, 5.41) is 4.65. The van der Waals surface area contributed by atoms with Crippen molar-refractivity contribution in [3.63, 3.8) is 0 Å². The van der Waals surface area contributed by atoms with Crippen molar-refractivity contribution in [2.45, 2.75) is 136 Å². The maximum absolute atomic E-state index is 7.21. The van der Waals surface area contributed by atoms with Gasteiger partial charge in [-0.1, -0.05) is 143 Å². The average molecular weight is 967 g/mol. The highest BCUT2D eigenvalue weighted by Crippen LogP contribution is 2.55. The van der Waals surface area contributed by atoms with Crippen molar-refractivity contribution in [2.24, 2.45) is 0 Å². The summed E-state index contributed by atoms with van der Waals surface area (Å²) in [4.78, 5) is 5.28. The molecule has 4 nitrogen and oxygen atoms in total. The van der Waals surface area contributed by atoms with E-state index in [1.807, 2.05) is 0 Å². The third-order valence-corrected chi connectivity index (χ3v) is 18.6. The molecule has 0 saturated heterocycles. The Hall–Kier alpha value is -6.98. The Balaban J connectivity index is 1.14. The topological polar surface area (TPSA) is 32.8 Å². The molecule has 74 heavy (non-hydrogen) atoms. The SMILES string of the molecule is Cc1cc2c3c(c1)N(c1ccc(C(C)(C)C)cc1-c1ccccc1)c1c(ccc4oc5cc6c(cc5c14)C(C)(C)CCC6(C)C)B3c1cc3c(cc1N2c1ccc2oc4ccccc4c2c1)C(C)(C)CCC3(C)C. The van der Waals surface area contributed by atoms with E-state index in [0.29, 0.717) is 0 Å². The molecule has 0 saturated carbocycles. The fourth-order valence-corrected chi connectivity index (χ4v) is 14.0. The molecule has 4 heterocycles. The molecule has 0 spiro atoms. The van der Waals surface area contributed by atoms with Gasteiger partial charge in [0.25, 0.3) is 6.71 Å². The summed E-state index contributed by atoms with van der Waals surface area (Å²) in [7, 11) is 0. The number of benzene rings is 8. The zero-order valence-corrected chi connectivity index (χ0v) is 45.4. The van der Waals surface area contributed by atoms with Crippen LogP contribution >= 0.6 is 0 Å². The van der Waals surface area contributed by atoms with Crippen LogP contribution in [0.3, 0.4) is 0 Å². The quantitative estimate of drug-likeness (QED) is 0.165. The standard InChI is InChI=1S/C69H67BN2O2/c1-40-32-56-63-57(33-40)72(54-25-22-42(65(2,3)4)34-45(54)41-18-14-13-15-19-41)64-52(24-27-60-62(64)47-36-48-51(39-61(47)74-60)69(11,12)31-28-66(48,5)6)70(63)53-37-49-50(68(9,10)30-29-67(49,7)8)38-55(53)71(56)43-23-26-59-46(35-43)44-20-16-17-21-58(44)73-59/h13-27,32-39H,28-31H2,1-12H3. The maximum atomic E-state index is 7.21. The van der Waals surface area contributed by atoms with Crippen molar-refractivity contribution in [1.29, 1.82) is 0 Å². The number of anilines is 6. The van der Waals surface area contributed by atoms with Gasteiger partial charge >= 0.3 is 0 Å². The molecule has 8 aromatic carbocycles. The van der Waals surface area contributed by atoms with Gasteiger partial charge in [-0.05, 0) is 188 Å². The number of hydrogen-bond donors (Lipinski definition) is 0. The molecule has 0 atom stereocenters. The van der Waals surface area contributed by atoms with Crippen LogP contribution in [0, 0.1) is 6.92 Å². The van der Waals surface area contributed by atoms with E-state index < -0.39 is 0 Å². The summed E-state index contributed by atoms with van der Waals surface area (Å²) in [5.74, 6) is 0. The van der Waals surface area contributed by atoms with Crippen LogP contribution in [0.25, 0.3) is 55.0 Å². The lowest BCUT2D eigenvalue weighted by Gasteiger charge is -2.47. The third-order valence-electron chi connectivity index (χ3n) is 18.6. The molecule has 0 N–H and O–H groups in total. The summed E-state index contributed by atoms with van der Waals surface area (Å²) < 4.78 is 13.7. The molecule has 0 unspecified atom stereocenters. The molecule has 368 valence electrons. The largest absolute Gasteiger partial charge is 0.456 e. The number of para-hydroxylation sites is 1. The van der Waals surface area contributed by atoms with Gasteiger partial charge in [-0.15, -0.1) is 0 Å². The van der Waals surface area contributed by atoms with Crippen molar-refractivity contribution < 1.29 is 8.83 Å². The number of fused-ring (bicyclic) bond motifs is 13. The predicted molar refractivity (Wildman–Crippen MR) is 314 cm³/mol. The minimum atomic E-state index is -0.0703. The normalized spacial score (nSPS) is 17.9. The lowest BCUT2D eigenvalue weighted by molar-refractivity contribution is 0.332. The van der Waals surface area contributed by atoms with Crippen LogP contribution in [-0.2, 0) is 27.1 Å². The van der Waals surface area contributed by atoms with Crippen molar-refractivity contribution in [3.05, 3.63) is 173 Å². The summed E-state index contributed by atoms with van der Waals surface area (Å²) in [6.07, 6.45) is 4.57. The summed E-state index contributed by atoms with van der Waals surface area (Å²) in [5.41, 5.74) is 25.6. The van der Waals surface area contributed by atoms with Gasteiger partial charge in [-0.25, -0.2) is 0 Å². The highest BCUT2D eigenvalue weighted by Gasteiger charge is 2.48. The van der Waals surface area contributed by atoms with Crippen LogP contribution in [0.2, 0.25) is 0 Å². The van der Waals surface area contributed by atoms with E-state index in [1.165, 1.54) is 94.4 Å². The Morgan fingerprint density at radius 3 is 1.76 bits per heavy atom. The number of hydrogen-bond acceptors (Lipinski definition) is 4. The van der Waals surface area contributed by atoms with Gasteiger partial charge < -0.3 is 18.6 Å². The minimum Gasteiger partial charge on any atom is -0.456 e.